The van der Waals surface area contributed by atoms with Crippen LogP contribution in [0, 0.1) is 0 Å². The van der Waals surface area contributed by atoms with E-state index in [0.717, 1.165) is 5.56 Å². The largest absolute Gasteiger partial charge is 0.478 e. The first-order chi connectivity index (χ1) is 12.5. The summed E-state index contributed by atoms with van der Waals surface area (Å²) in [4.78, 5) is 19.8. The second-order valence-electron chi connectivity index (χ2n) is 5.31. The number of carboxylic acids is 1. The molecule has 0 saturated carbocycles. The number of benzene rings is 2. The number of aliphatic imine (C=N–C) groups is 1. The first kappa shape index (κ1) is 17.9. The zero-order valence-corrected chi connectivity index (χ0v) is 14.9. The predicted molar refractivity (Wildman–Crippen MR) is 105 cm³/mol. The fourth-order valence-corrected chi connectivity index (χ4v) is 2.53. The molecule has 7 heteroatoms. The van der Waals surface area contributed by atoms with Crippen LogP contribution in [0.2, 0.25) is 10.2 Å². The molecule has 1 aromatic heterocycles. The van der Waals surface area contributed by atoms with E-state index < -0.39 is 5.97 Å². The molecule has 0 radical (unpaired) electrons. The number of hydrogen-bond acceptors (Lipinski definition) is 4. The molecule has 0 atom stereocenters. The summed E-state index contributed by atoms with van der Waals surface area (Å²) >= 11 is 11.9. The molecule has 0 spiro atoms. The molecular formula is C19H13Cl2N3O2. The van der Waals surface area contributed by atoms with Crippen molar-refractivity contribution >= 4 is 52.4 Å². The number of nitrogens with zero attached hydrogens (tertiary/aromatic N) is 2. The fourth-order valence-electron chi connectivity index (χ4n) is 2.25. The van der Waals surface area contributed by atoms with Crippen LogP contribution in [0.15, 0.2) is 65.8 Å². The Hall–Kier alpha value is -2.89. The van der Waals surface area contributed by atoms with E-state index in [9.17, 15) is 9.90 Å². The Labute approximate surface area is 160 Å². The van der Waals surface area contributed by atoms with E-state index in [4.69, 9.17) is 23.2 Å². The number of rotatable bonds is 5. The van der Waals surface area contributed by atoms with E-state index in [-0.39, 0.29) is 5.56 Å². The minimum atomic E-state index is -1.01. The Kier molecular flexibility index (Phi) is 5.51. The molecule has 1 heterocycles. The summed E-state index contributed by atoms with van der Waals surface area (Å²) in [6.07, 6.45) is 3.23. The standard InChI is InChI=1S/C19H13Cl2N3O2/c20-13-6-7-16(24-15-4-2-1-3-14(15)19(25)26)17(9-13)22-10-12-5-8-18(21)23-11-12/h1-11,24H,(H,25,26). The molecule has 5 nitrogen and oxygen atoms in total. The third-order valence-electron chi connectivity index (χ3n) is 3.49. The van der Waals surface area contributed by atoms with E-state index >= 15 is 0 Å². The van der Waals surface area contributed by atoms with E-state index in [1.807, 2.05) is 0 Å². The van der Waals surface area contributed by atoms with Gasteiger partial charge in [-0.15, -0.1) is 0 Å². The van der Waals surface area contributed by atoms with Crippen LogP contribution in [0.25, 0.3) is 0 Å². The van der Waals surface area contributed by atoms with Crippen molar-refractivity contribution in [1.29, 1.82) is 0 Å². The second kappa shape index (κ2) is 7.99. The highest BCUT2D eigenvalue weighted by molar-refractivity contribution is 6.31. The summed E-state index contributed by atoms with van der Waals surface area (Å²) in [6.45, 7) is 0. The Balaban J connectivity index is 1.94. The van der Waals surface area contributed by atoms with Gasteiger partial charge in [0.25, 0.3) is 0 Å². The monoisotopic (exact) mass is 385 g/mol. The zero-order chi connectivity index (χ0) is 18.5. The highest BCUT2D eigenvalue weighted by atomic mass is 35.5. The van der Waals surface area contributed by atoms with Crippen molar-refractivity contribution in [3.05, 3.63) is 82.1 Å². The van der Waals surface area contributed by atoms with Crippen LogP contribution in [-0.2, 0) is 0 Å². The van der Waals surface area contributed by atoms with Crippen LogP contribution in [0.1, 0.15) is 15.9 Å². The third-order valence-corrected chi connectivity index (χ3v) is 3.95. The quantitative estimate of drug-likeness (QED) is 0.443. The van der Waals surface area contributed by atoms with Crippen molar-refractivity contribution in [2.45, 2.75) is 0 Å². The molecule has 0 fully saturated rings. The number of carbonyl (C=O) groups is 1. The van der Waals surface area contributed by atoms with Gasteiger partial charge in [0.1, 0.15) is 5.15 Å². The Morgan fingerprint density at radius 3 is 2.62 bits per heavy atom. The number of halogens is 2. The minimum absolute atomic E-state index is 0.166. The predicted octanol–water partition coefficient (Wildman–Crippen LogP) is 5.58. The molecule has 0 aliphatic heterocycles. The van der Waals surface area contributed by atoms with Crippen molar-refractivity contribution in [3.63, 3.8) is 0 Å². The average molecular weight is 386 g/mol. The van der Waals surface area contributed by atoms with E-state index in [0.29, 0.717) is 27.2 Å². The topological polar surface area (TPSA) is 74.6 Å². The summed E-state index contributed by atoms with van der Waals surface area (Å²) in [5.74, 6) is -1.01. The molecule has 0 saturated heterocycles. The van der Waals surface area contributed by atoms with Gasteiger partial charge >= 0.3 is 5.97 Å². The van der Waals surface area contributed by atoms with E-state index in [1.165, 1.54) is 6.07 Å². The van der Waals surface area contributed by atoms with Crippen LogP contribution in [0.5, 0.6) is 0 Å². The molecule has 3 rings (SSSR count). The first-order valence-electron chi connectivity index (χ1n) is 7.57. The Bertz CT molecular complexity index is 973. The summed E-state index contributed by atoms with van der Waals surface area (Å²) in [5.41, 5.74) is 2.59. The molecule has 0 aliphatic rings. The van der Waals surface area contributed by atoms with Crippen LogP contribution in [0.4, 0.5) is 17.1 Å². The van der Waals surface area contributed by atoms with Crippen molar-refractivity contribution in [3.8, 4) is 0 Å². The molecule has 0 unspecified atom stereocenters. The molecule has 2 N–H and O–H groups in total. The number of pyridine rings is 1. The third kappa shape index (κ3) is 4.39. The van der Waals surface area contributed by atoms with Gasteiger partial charge in [0.2, 0.25) is 0 Å². The van der Waals surface area contributed by atoms with Crippen LogP contribution in [-0.4, -0.2) is 22.3 Å². The summed E-state index contributed by atoms with van der Waals surface area (Å²) in [5, 5.41) is 13.3. The Morgan fingerprint density at radius 1 is 1.08 bits per heavy atom. The molecule has 0 aliphatic carbocycles. The number of anilines is 2. The summed E-state index contributed by atoms with van der Waals surface area (Å²) < 4.78 is 0. The van der Waals surface area contributed by atoms with Crippen molar-refractivity contribution in [2.75, 3.05) is 5.32 Å². The number of para-hydroxylation sites is 1. The van der Waals surface area contributed by atoms with E-state index in [2.05, 4.69) is 15.3 Å². The zero-order valence-electron chi connectivity index (χ0n) is 13.4. The van der Waals surface area contributed by atoms with Crippen LogP contribution >= 0.6 is 23.2 Å². The molecule has 2 aromatic carbocycles. The maximum absolute atomic E-state index is 11.4. The Morgan fingerprint density at radius 2 is 1.88 bits per heavy atom. The number of nitrogens with one attached hydrogen (secondary N) is 1. The maximum Gasteiger partial charge on any atom is 0.337 e. The maximum atomic E-state index is 11.4. The average Bonchev–Trinajstić information content (AvgIpc) is 2.63. The fraction of sp³-hybridized carbons (Fsp3) is 0. The number of carboxylic acid groups (broad SMARTS) is 1. The minimum Gasteiger partial charge on any atom is -0.478 e. The highest BCUT2D eigenvalue weighted by Crippen LogP contribution is 2.32. The normalized spacial score (nSPS) is 10.8. The molecule has 0 amide bonds. The van der Waals surface area contributed by atoms with Crippen molar-refractivity contribution in [1.82, 2.24) is 4.98 Å². The molecule has 130 valence electrons. The van der Waals surface area contributed by atoms with Crippen molar-refractivity contribution in [2.24, 2.45) is 4.99 Å². The smallest absolute Gasteiger partial charge is 0.337 e. The first-order valence-corrected chi connectivity index (χ1v) is 8.33. The van der Waals surface area contributed by atoms with Crippen LogP contribution < -0.4 is 5.32 Å². The SMILES string of the molecule is O=C(O)c1ccccc1Nc1ccc(Cl)cc1N=Cc1ccc(Cl)nc1. The van der Waals surface area contributed by atoms with Gasteiger partial charge in [0, 0.05) is 23.0 Å². The van der Waals surface area contributed by atoms with Gasteiger partial charge in [0.05, 0.1) is 22.6 Å². The molecule has 26 heavy (non-hydrogen) atoms. The van der Waals surface area contributed by atoms with Crippen LogP contribution in [0.3, 0.4) is 0 Å². The second-order valence-corrected chi connectivity index (χ2v) is 6.13. The van der Waals surface area contributed by atoms with Gasteiger partial charge in [-0.2, -0.15) is 0 Å². The highest BCUT2D eigenvalue weighted by Gasteiger charge is 2.11. The number of aromatic carboxylic acids is 1. The van der Waals surface area contributed by atoms with Gasteiger partial charge in [0.15, 0.2) is 0 Å². The lowest BCUT2D eigenvalue weighted by Crippen LogP contribution is -2.02. The van der Waals surface area contributed by atoms with Gasteiger partial charge in [-0.1, -0.05) is 35.3 Å². The van der Waals surface area contributed by atoms with E-state index in [1.54, 1.807) is 60.9 Å². The lowest BCUT2D eigenvalue weighted by atomic mass is 10.1. The number of hydrogen-bond donors (Lipinski definition) is 2. The molecular weight excluding hydrogens is 373 g/mol. The summed E-state index contributed by atoms with van der Waals surface area (Å²) in [6, 6.07) is 15.2. The van der Waals surface area contributed by atoms with Gasteiger partial charge in [-0.05, 0) is 42.5 Å². The van der Waals surface area contributed by atoms with Crippen molar-refractivity contribution < 1.29 is 9.90 Å². The number of aromatic nitrogens is 1. The lowest BCUT2D eigenvalue weighted by Gasteiger charge is -2.12. The van der Waals surface area contributed by atoms with Gasteiger partial charge in [-0.3, -0.25) is 4.99 Å². The summed E-state index contributed by atoms with van der Waals surface area (Å²) in [7, 11) is 0. The van der Waals surface area contributed by atoms with Gasteiger partial charge < -0.3 is 10.4 Å². The molecule has 0 bridgehead atoms. The molecule has 3 aromatic rings. The van der Waals surface area contributed by atoms with Gasteiger partial charge in [-0.25, -0.2) is 9.78 Å². The lowest BCUT2D eigenvalue weighted by molar-refractivity contribution is 0.0698.